The number of carbonyl (C=O) groups excluding carboxylic acids is 1. The molecule has 4 atom stereocenters. The lowest BCUT2D eigenvalue weighted by molar-refractivity contribution is -0.132. The number of carbonyl (C=O) groups is 1. The Morgan fingerprint density at radius 2 is 0.636 bits per heavy atom. The maximum Gasteiger partial charge on any atom is 0.249 e. The van der Waals surface area contributed by atoms with Gasteiger partial charge in [-0.15, -0.1) is 0 Å². The predicted octanol–water partition coefficient (Wildman–Crippen LogP) is 17.4. The van der Waals surface area contributed by atoms with Gasteiger partial charge in [0.2, 0.25) is 5.91 Å². The molecule has 6 nitrogen and oxygen atoms in total. The molecular weight excluding hydrogens is 815 g/mol. The van der Waals surface area contributed by atoms with Gasteiger partial charge in [-0.3, -0.25) is 4.79 Å². The van der Waals surface area contributed by atoms with Crippen molar-refractivity contribution in [1.29, 1.82) is 0 Å². The quantitative estimate of drug-likeness (QED) is 0.0308. The Bertz CT molecular complexity index is 1000. The fraction of sp³-hybridized carbons (Fsp3) is 0.917. The Morgan fingerprint density at radius 1 is 0.364 bits per heavy atom. The van der Waals surface area contributed by atoms with Crippen LogP contribution in [-0.2, 0) is 4.79 Å². The first-order chi connectivity index (χ1) is 32.5. The Kier molecular flexibility index (Phi) is 53.7. The normalized spacial score (nSPS) is 13.8. The van der Waals surface area contributed by atoms with Gasteiger partial charge in [0.25, 0.3) is 0 Å². The van der Waals surface area contributed by atoms with Crippen LogP contribution in [0.5, 0.6) is 0 Å². The zero-order chi connectivity index (χ0) is 48.1. The van der Waals surface area contributed by atoms with Gasteiger partial charge in [-0.1, -0.05) is 295 Å². The average molecular weight is 933 g/mol. The second-order valence-corrected chi connectivity index (χ2v) is 20.7. The Hall–Kier alpha value is -1.21. The molecule has 0 aromatic carbocycles. The van der Waals surface area contributed by atoms with Crippen LogP contribution in [0.25, 0.3) is 0 Å². The molecule has 0 spiro atoms. The number of rotatable bonds is 55. The van der Waals surface area contributed by atoms with Crippen LogP contribution in [0.1, 0.15) is 322 Å². The molecule has 0 saturated carbocycles. The van der Waals surface area contributed by atoms with Crippen LogP contribution in [0.15, 0.2) is 24.3 Å². The van der Waals surface area contributed by atoms with Crippen molar-refractivity contribution in [2.45, 2.75) is 346 Å². The van der Waals surface area contributed by atoms with Crippen LogP contribution in [0, 0.1) is 0 Å². The van der Waals surface area contributed by atoms with E-state index in [1.54, 1.807) is 0 Å². The SMILES string of the molecule is CCCCCCCCCCCCCCC/C=C/CC/C=C/CCCC(O)C(O)C(CO)NC(=O)C(O)CCCCCCCCCCCCCCCCCCCCCCCCCCCCCC. The number of aliphatic hydroxyl groups excluding tert-OH is 4. The molecular formula is C60H117NO5. The molecule has 0 aliphatic carbocycles. The number of hydrogen-bond acceptors (Lipinski definition) is 5. The van der Waals surface area contributed by atoms with E-state index < -0.39 is 36.9 Å². The standard InChI is InChI=1S/C60H117NO5/c1-3-5-7-9-11-13-15-17-19-21-23-25-27-28-29-30-31-32-34-36-38-40-42-44-46-48-50-52-54-58(64)60(66)61-56(55-62)59(65)57(63)53-51-49-47-45-43-41-39-37-35-33-26-24-22-20-18-16-14-12-10-8-6-4-2/h37,39,45,47,56-59,62-65H,3-36,38,40-44,46,48-55H2,1-2H3,(H,61,66)/b39-37+,47-45+. The summed E-state index contributed by atoms with van der Waals surface area (Å²) in [6.07, 6.45) is 66.9. The minimum atomic E-state index is -1.29. The van der Waals surface area contributed by atoms with Crippen LogP contribution in [0.2, 0.25) is 0 Å². The van der Waals surface area contributed by atoms with E-state index >= 15 is 0 Å². The van der Waals surface area contributed by atoms with Crippen molar-refractivity contribution >= 4 is 5.91 Å². The molecule has 0 aliphatic rings. The van der Waals surface area contributed by atoms with Gasteiger partial charge in [0.05, 0.1) is 18.8 Å². The average Bonchev–Trinajstić information content (AvgIpc) is 3.32. The number of amides is 1. The van der Waals surface area contributed by atoms with E-state index in [1.165, 1.54) is 250 Å². The molecule has 0 aromatic rings. The highest BCUT2D eigenvalue weighted by Crippen LogP contribution is 2.18. The van der Waals surface area contributed by atoms with Crippen molar-refractivity contribution in [1.82, 2.24) is 5.32 Å². The number of nitrogens with one attached hydrogen (secondary N) is 1. The third kappa shape index (κ3) is 47.8. The molecule has 5 N–H and O–H groups in total. The van der Waals surface area contributed by atoms with E-state index in [1.807, 2.05) is 0 Å². The molecule has 0 bridgehead atoms. The van der Waals surface area contributed by atoms with Crippen molar-refractivity contribution in [3.8, 4) is 0 Å². The van der Waals surface area contributed by atoms with Gasteiger partial charge >= 0.3 is 0 Å². The van der Waals surface area contributed by atoms with Gasteiger partial charge in [0.15, 0.2) is 0 Å². The lowest BCUT2D eigenvalue weighted by atomic mass is 10.00. The van der Waals surface area contributed by atoms with E-state index in [-0.39, 0.29) is 0 Å². The fourth-order valence-electron chi connectivity index (χ4n) is 9.48. The zero-order valence-electron chi connectivity index (χ0n) is 44.5. The molecule has 0 aromatic heterocycles. The second-order valence-electron chi connectivity index (χ2n) is 20.7. The summed E-state index contributed by atoms with van der Waals surface area (Å²) in [4.78, 5) is 12.6. The summed E-state index contributed by atoms with van der Waals surface area (Å²) < 4.78 is 0. The maximum atomic E-state index is 12.6. The number of aliphatic hydroxyl groups is 4. The van der Waals surface area contributed by atoms with Gasteiger partial charge < -0.3 is 25.7 Å². The van der Waals surface area contributed by atoms with E-state index in [2.05, 4.69) is 43.5 Å². The van der Waals surface area contributed by atoms with Crippen LogP contribution in [-0.4, -0.2) is 57.3 Å². The van der Waals surface area contributed by atoms with Crippen LogP contribution in [0.3, 0.4) is 0 Å². The highest BCUT2D eigenvalue weighted by Gasteiger charge is 2.28. The van der Waals surface area contributed by atoms with Crippen molar-refractivity contribution < 1.29 is 25.2 Å². The molecule has 0 radical (unpaired) electrons. The third-order valence-corrected chi connectivity index (χ3v) is 14.1. The Morgan fingerprint density at radius 3 is 0.955 bits per heavy atom. The zero-order valence-corrected chi connectivity index (χ0v) is 44.5. The van der Waals surface area contributed by atoms with Gasteiger partial charge in [-0.25, -0.2) is 0 Å². The highest BCUT2D eigenvalue weighted by atomic mass is 16.3. The van der Waals surface area contributed by atoms with Gasteiger partial charge in [-0.2, -0.15) is 0 Å². The van der Waals surface area contributed by atoms with E-state index in [4.69, 9.17) is 0 Å². The monoisotopic (exact) mass is 932 g/mol. The molecule has 1 amide bonds. The summed E-state index contributed by atoms with van der Waals surface area (Å²) in [6.45, 7) is 4.08. The van der Waals surface area contributed by atoms with Crippen molar-refractivity contribution in [3.05, 3.63) is 24.3 Å². The number of hydrogen-bond donors (Lipinski definition) is 5. The summed E-state index contributed by atoms with van der Waals surface area (Å²) in [6, 6.07) is -1.01. The van der Waals surface area contributed by atoms with Crippen LogP contribution < -0.4 is 5.32 Å². The molecule has 4 unspecified atom stereocenters. The summed E-state index contributed by atoms with van der Waals surface area (Å²) >= 11 is 0. The summed E-state index contributed by atoms with van der Waals surface area (Å²) in [5.74, 6) is -0.591. The van der Waals surface area contributed by atoms with E-state index in [0.29, 0.717) is 19.3 Å². The molecule has 6 heteroatoms. The van der Waals surface area contributed by atoms with Crippen molar-refractivity contribution in [3.63, 3.8) is 0 Å². The first kappa shape index (κ1) is 64.8. The van der Waals surface area contributed by atoms with Crippen LogP contribution >= 0.6 is 0 Å². The van der Waals surface area contributed by atoms with E-state index in [9.17, 15) is 25.2 Å². The minimum Gasteiger partial charge on any atom is -0.394 e. The lowest BCUT2D eigenvalue weighted by Crippen LogP contribution is -2.53. The molecule has 0 saturated heterocycles. The number of allylic oxidation sites excluding steroid dienone is 4. The largest absolute Gasteiger partial charge is 0.394 e. The van der Waals surface area contributed by atoms with Gasteiger partial charge in [-0.05, 0) is 51.4 Å². The van der Waals surface area contributed by atoms with Gasteiger partial charge in [0.1, 0.15) is 12.2 Å². The molecule has 0 aliphatic heterocycles. The minimum absolute atomic E-state index is 0.365. The summed E-state index contributed by atoms with van der Waals surface area (Å²) in [7, 11) is 0. The highest BCUT2D eigenvalue weighted by molar-refractivity contribution is 5.80. The maximum absolute atomic E-state index is 12.6. The Labute approximate surface area is 412 Å². The molecule has 392 valence electrons. The Balaban J connectivity index is 3.62. The van der Waals surface area contributed by atoms with Crippen LogP contribution in [0.4, 0.5) is 0 Å². The smallest absolute Gasteiger partial charge is 0.249 e. The lowest BCUT2D eigenvalue weighted by Gasteiger charge is -2.27. The topological polar surface area (TPSA) is 110 Å². The second kappa shape index (κ2) is 54.7. The third-order valence-electron chi connectivity index (χ3n) is 14.1. The molecule has 66 heavy (non-hydrogen) atoms. The summed E-state index contributed by atoms with van der Waals surface area (Å²) in [5.41, 5.74) is 0. The fourth-order valence-corrected chi connectivity index (χ4v) is 9.48. The molecule has 0 rings (SSSR count). The first-order valence-corrected chi connectivity index (χ1v) is 29.7. The van der Waals surface area contributed by atoms with E-state index in [0.717, 1.165) is 38.5 Å². The molecule has 0 fully saturated rings. The van der Waals surface area contributed by atoms with Gasteiger partial charge in [0, 0.05) is 0 Å². The number of unbranched alkanes of at least 4 members (excludes halogenated alkanes) is 42. The van der Waals surface area contributed by atoms with Crippen molar-refractivity contribution in [2.75, 3.05) is 6.61 Å². The van der Waals surface area contributed by atoms with Crippen molar-refractivity contribution in [2.24, 2.45) is 0 Å². The summed E-state index contributed by atoms with van der Waals surface area (Å²) in [5, 5.41) is 44.0. The predicted molar refractivity (Wildman–Crippen MR) is 288 cm³/mol. The molecule has 0 heterocycles. The first-order valence-electron chi connectivity index (χ1n) is 29.7.